The minimum Gasteiger partial charge on any atom is -0.365 e. The number of anilines is 1. The molecule has 2 nitrogen and oxygen atoms in total. The maximum Gasteiger partial charge on any atom is 0.214 e. The van der Waals surface area contributed by atoms with Gasteiger partial charge in [0, 0.05) is 10.5 Å². The molecule has 76 valence electrons. The molecule has 0 bridgehead atoms. The second kappa shape index (κ2) is 3.42. The molecule has 4 heteroatoms. The van der Waals surface area contributed by atoms with Gasteiger partial charge in [0.1, 0.15) is 5.82 Å². The Morgan fingerprint density at radius 3 is 2.86 bits per heavy atom. The van der Waals surface area contributed by atoms with Gasteiger partial charge in [0.2, 0.25) is 5.95 Å². The summed E-state index contributed by atoms with van der Waals surface area (Å²) in [6.45, 7) is 4.36. The maximum atomic E-state index is 12.8. The molecule has 0 aromatic carbocycles. The number of hydrogen-bond acceptors (Lipinski definition) is 3. The third-order valence-electron chi connectivity index (χ3n) is 2.50. The number of pyridine rings is 1. The van der Waals surface area contributed by atoms with E-state index in [0.717, 1.165) is 5.75 Å². The number of hydrogen-bond donors (Lipinski definition) is 1. The smallest absolute Gasteiger partial charge is 0.214 e. The Morgan fingerprint density at radius 1 is 1.57 bits per heavy atom. The van der Waals surface area contributed by atoms with E-state index < -0.39 is 5.95 Å². The fraction of sp³-hybridized carbons (Fsp3) is 0.500. The molecule has 1 saturated heterocycles. The van der Waals surface area contributed by atoms with Crippen molar-refractivity contribution in [1.82, 2.24) is 4.98 Å². The van der Waals surface area contributed by atoms with Crippen molar-refractivity contribution in [3.8, 4) is 0 Å². The Bertz CT molecular complexity index is 341. The summed E-state index contributed by atoms with van der Waals surface area (Å²) in [4.78, 5) is 3.77. The molecule has 0 saturated carbocycles. The van der Waals surface area contributed by atoms with Crippen LogP contribution < -0.4 is 5.32 Å². The molecule has 1 aromatic heterocycles. The molecule has 1 unspecified atom stereocenters. The summed E-state index contributed by atoms with van der Waals surface area (Å²) >= 11 is 1.91. The minimum atomic E-state index is -0.431. The van der Waals surface area contributed by atoms with Crippen molar-refractivity contribution >= 4 is 17.6 Å². The normalized spacial score (nSPS) is 24.1. The quantitative estimate of drug-likeness (QED) is 0.762. The summed E-state index contributed by atoms with van der Waals surface area (Å²) in [5.74, 6) is 1.26. The van der Waals surface area contributed by atoms with Gasteiger partial charge in [-0.25, -0.2) is 4.98 Å². The fourth-order valence-corrected chi connectivity index (χ4v) is 2.52. The van der Waals surface area contributed by atoms with Crippen LogP contribution in [0.25, 0.3) is 0 Å². The first kappa shape index (κ1) is 9.77. The van der Waals surface area contributed by atoms with E-state index in [2.05, 4.69) is 24.1 Å². The number of rotatable bonds is 2. The van der Waals surface area contributed by atoms with Gasteiger partial charge in [-0.2, -0.15) is 16.2 Å². The molecule has 1 aliphatic rings. The van der Waals surface area contributed by atoms with Gasteiger partial charge in [0.25, 0.3) is 0 Å². The summed E-state index contributed by atoms with van der Waals surface area (Å²) in [5, 5.41) is 3.24. The Balaban J connectivity index is 2.05. The molecule has 2 rings (SSSR count). The lowest BCUT2D eigenvalue weighted by Gasteiger charge is -2.44. The van der Waals surface area contributed by atoms with E-state index in [1.165, 1.54) is 6.07 Å². The summed E-state index contributed by atoms with van der Waals surface area (Å²) < 4.78 is 13.0. The van der Waals surface area contributed by atoms with E-state index in [1.54, 1.807) is 12.1 Å². The largest absolute Gasteiger partial charge is 0.365 e. The molecule has 1 N–H and O–H groups in total. The summed E-state index contributed by atoms with van der Waals surface area (Å²) in [7, 11) is 0. The van der Waals surface area contributed by atoms with Gasteiger partial charge in [0.15, 0.2) is 0 Å². The standard InChI is InChI=1S/C10H13FN2S/c1-10(2)7(6-14-10)12-9-5-3-4-8(11)13-9/h3-5,7H,6H2,1-2H3,(H,12,13). The number of thioether (sulfide) groups is 1. The van der Waals surface area contributed by atoms with Crippen LogP contribution in [0.3, 0.4) is 0 Å². The van der Waals surface area contributed by atoms with Crippen LogP contribution in [-0.2, 0) is 0 Å². The number of halogens is 1. The first-order valence-electron chi connectivity index (χ1n) is 4.61. The summed E-state index contributed by atoms with van der Waals surface area (Å²) in [6.07, 6.45) is 0. The number of nitrogens with one attached hydrogen (secondary N) is 1. The highest BCUT2D eigenvalue weighted by Crippen LogP contribution is 2.41. The third kappa shape index (κ3) is 1.85. The molecule has 1 atom stereocenters. The lowest BCUT2D eigenvalue weighted by atomic mass is 10.0. The lowest BCUT2D eigenvalue weighted by molar-refractivity contribution is 0.562. The van der Waals surface area contributed by atoms with Gasteiger partial charge in [0.05, 0.1) is 6.04 Å². The van der Waals surface area contributed by atoms with E-state index in [4.69, 9.17) is 0 Å². The average molecular weight is 212 g/mol. The molecule has 2 heterocycles. The second-order valence-electron chi connectivity index (χ2n) is 3.96. The molecule has 0 aliphatic carbocycles. The first-order valence-corrected chi connectivity index (χ1v) is 5.59. The van der Waals surface area contributed by atoms with Crippen LogP contribution in [0.5, 0.6) is 0 Å². The first-order chi connectivity index (χ1) is 6.58. The molecule has 1 aromatic rings. The topological polar surface area (TPSA) is 24.9 Å². The van der Waals surface area contributed by atoms with Crippen molar-refractivity contribution in [1.29, 1.82) is 0 Å². The maximum absolute atomic E-state index is 12.8. The van der Waals surface area contributed by atoms with Gasteiger partial charge in [-0.3, -0.25) is 0 Å². The molecule has 14 heavy (non-hydrogen) atoms. The molecular weight excluding hydrogens is 199 g/mol. The zero-order valence-electron chi connectivity index (χ0n) is 8.25. The molecular formula is C10H13FN2S. The van der Waals surface area contributed by atoms with Crippen molar-refractivity contribution in [3.05, 3.63) is 24.1 Å². The molecule has 0 spiro atoms. The highest BCUT2D eigenvalue weighted by molar-refractivity contribution is 8.02. The van der Waals surface area contributed by atoms with Crippen molar-refractivity contribution < 1.29 is 4.39 Å². The van der Waals surface area contributed by atoms with Gasteiger partial charge in [-0.15, -0.1) is 0 Å². The Hall–Kier alpha value is -0.770. The van der Waals surface area contributed by atoms with Crippen LogP contribution in [0.15, 0.2) is 18.2 Å². The van der Waals surface area contributed by atoms with Crippen LogP contribution >= 0.6 is 11.8 Å². The van der Waals surface area contributed by atoms with E-state index in [1.807, 2.05) is 11.8 Å². The van der Waals surface area contributed by atoms with Crippen molar-refractivity contribution in [2.45, 2.75) is 24.6 Å². The zero-order valence-corrected chi connectivity index (χ0v) is 9.07. The SMILES string of the molecule is CC1(C)SCC1Nc1cccc(F)n1. The van der Waals surface area contributed by atoms with E-state index in [0.29, 0.717) is 11.9 Å². The van der Waals surface area contributed by atoms with Crippen LogP contribution in [0.2, 0.25) is 0 Å². The monoisotopic (exact) mass is 212 g/mol. The molecule has 1 fully saturated rings. The van der Waals surface area contributed by atoms with Gasteiger partial charge in [-0.1, -0.05) is 6.07 Å². The predicted octanol–water partition coefficient (Wildman–Crippen LogP) is 2.53. The van der Waals surface area contributed by atoms with E-state index >= 15 is 0 Å². The Labute approximate surface area is 87.3 Å². The van der Waals surface area contributed by atoms with E-state index in [-0.39, 0.29) is 4.75 Å². The molecule has 0 radical (unpaired) electrons. The fourth-order valence-electron chi connectivity index (χ4n) is 1.38. The summed E-state index contributed by atoms with van der Waals surface area (Å²) in [5.41, 5.74) is 0. The summed E-state index contributed by atoms with van der Waals surface area (Å²) in [6, 6.07) is 5.21. The molecule has 0 amide bonds. The number of nitrogens with zero attached hydrogens (tertiary/aromatic N) is 1. The van der Waals surface area contributed by atoms with Gasteiger partial charge in [-0.05, 0) is 26.0 Å². The predicted molar refractivity (Wildman–Crippen MR) is 58.1 cm³/mol. The lowest BCUT2D eigenvalue weighted by Crippen LogP contribution is -2.50. The average Bonchev–Trinajstić information content (AvgIpc) is 2.13. The van der Waals surface area contributed by atoms with Crippen LogP contribution in [0.1, 0.15) is 13.8 Å². The Kier molecular flexibility index (Phi) is 2.39. The van der Waals surface area contributed by atoms with Crippen LogP contribution in [-0.4, -0.2) is 21.5 Å². The van der Waals surface area contributed by atoms with Crippen LogP contribution in [0.4, 0.5) is 10.2 Å². The van der Waals surface area contributed by atoms with Crippen molar-refractivity contribution in [3.63, 3.8) is 0 Å². The van der Waals surface area contributed by atoms with Crippen molar-refractivity contribution in [2.75, 3.05) is 11.1 Å². The number of aromatic nitrogens is 1. The zero-order chi connectivity index (χ0) is 10.2. The van der Waals surface area contributed by atoms with Gasteiger partial charge >= 0.3 is 0 Å². The third-order valence-corrected chi connectivity index (χ3v) is 4.03. The van der Waals surface area contributed by atoms with Crippen molar-refractivity contribution in [2.24, 2.45) is 0 Å². The van der Waals surface area contributed by atoms with Gasteiger partial charge < -0.3 is 5.32 Å². The Morgan fingerprint density at radius 2 is 2.36 bits per heavy atom. The van der Waals surface area contributed by atoms with E-state index in [9.17, 15) is 4.39 Å². The highest BCUT2D eigenvalue weighted by atomic mass is 32.2. The van der Waals surface area contributed by atoms with Crippen LogP contribution in [0, 0.1) is 5.95 Å². The highest BCUT2D eigenvalue weighted by Gasteiger charge is 2.39. The molecule has 1 aliphatic heterocycles. The second-order valence-corrected chi connectivity index (χ2v) is 5.63. The minimum absolute atomic E-state index is 0.230.